The molecule has 132 valence electrons. The lowest BCUT2D eigenvalue weighted by molar-refractivity contribution is 0.103. The maximum atomic E-state index is 11.8. The van der Waals surface area contributed by atoms with Gasteiger partial charge in [-0.25, -0.2) is 0 Å². The standard InChI is InChI=1S/C13H10O.C9H10O3/c14-13(11-7-3-1-4-8-11)12-9-5-2-6-10-12;1-11-8-4-3-7(6-10)5-9(8)12-2/h1-10H;3-6H,1-2H3. The second-order valence-corrected chi connectivity index (χ2v) is 5.29. The molecule has 26 heavy (non-hydrogen) atoms. The van der Waals surface area contributed by atoms with E-state index in [0.29, 0.717) is 17.1 Å². The summed E-state index contributed by atoms with van der Waals surface area (Å²) in [6, 6.07) is 23.6. The molecule has 0 aliphatic heterocycles. The van der Waals surface area contributed by atoms with Gasteiger partial charge in [0.1, 0.15) is 6.29 Å². The van der Waals surface area contributed by atoms with Gasteiger partial charge in [0.15, 0.2) is 17.3 Å². The van der Waals surface area contributed by atoms with Crippen LogP contribution in [0.25, 0.3) is 0 Å². The van der Waals surface area contributed by atoms with Crippen LogP contribution in [0.4, 0.5) is 0 Å². The lowest BCUT2D eigenvalue weighted by atomic mass is 10.0. The first kappa shape index (κ1) is 18.9. The molecular weight excluding hydrogens is 328 g/mol. The molecule has 0 aliphatic rings. The molecule has 0 atom stereocenters. The number of aldehydes is 1. The average Bonchev–Trinajstić information content (AvgIpc) is 2.74. The third-order valence-electron chi connectivity index (χ3n) is 3.62. The Hall–Kier alpha value is -3.40. The van der Waals surface area contributed by atoms with Crippen molar-refractivity contribution in [3.63, 3.8) is 0 Å². The van der Waals surface area contributed by atoms with Crippen molar-refractivity contribution in [2.24, 2.45) is 0 Å². The van der Waals surface area contributed by atoms with Gasteiger partial charge in [-0.2, -0.15) is 0 Å². The van der Waals surface area contributed by atoms with Crippen LogP contribution in [0.5, 0.6) is 11.5 Å². The van der Waals surface area contributed by atoms with Gasteiger partial charge in [-0.05, 0) is 18.2 Å². The lowest BCUT2D eigenvalue weighted by Gasteiger charge is -2.06. The molecule has 0 saturated carbocycles. The summed E-state index contributed by atoms with van der Waals surface area (Å²) in [6.07, 6.45) is 0.766. The highest BCUT2D eigenvalue weighted by atomic mass is 16.5. The number of carbonyl (C=O) groups is 2. The molecule has 0 N–H and O–H groups in total. The minimum atomic E-state index is 0.0752. The first-order valence-electron chi connectivity index (χ1n) is 8.01. The number of methoxy groups -OCH3 is 2. The van der Waals surface area contributed by atoms with E-state index >= 15 is 0 Å². The van der Waals surface area contributed by atoms with Gasteiger partial charge in [-0.1, -0.05) is 60.7 Å². The Labute approximate surface area is 153 Å². The van der Waals surface area contributed by atoms with Gasteiger partial charge in [0, 0.05) is 16.7 Å². The van der Waals surface area contributed by atoms with Crippen LogP contribution >= 0.6 is 0 Å². The largest absolute Gasteiger partial charge is 0.493 e. The van der Waals surface area contributed by atoms with Crippen molar-refractivity contribution in [2.45, 2.75) is 0 Å². The van der Waals surface area contributed by atoms with Gasteiger partial charge in [0.05, 0.1) is 14.2 Å². The third-order valence-corrected chi connectivity index (χ3v) is 3.62. The van der Waals surface area contributed by atoms with Gasteiger partial charge in [0.2, 0.25) is 0 Å². The Bertz CT molecular complexity index is 801. The predicted molar refractivity (Wildman–Crippen MR) is 101 cm³/mol. The highest BCUT2D eigenvalue weighted by Crippen LogP contribution is 2.26. The Morgan fingerprint density at radius 1 is 0.731 bits per heavy atom. The molecule has 0 fully saturated rings. The topological polar surface area (TPSA) is 52.6 Å². The van der Waals surface area contributed by atoms with Crippen molar-refractivity contribution in [3.8, 4) is 11.5 Å². The Kier molecular flexibility index (Phi) is 7.13. The molecule has 4 heteroatoms. The number of benzene rings is 3. The summed E-state index contributed by atoms with van der Waals surface area (Å²) in [5, 5.41) is 0. The van der Waals surface area contributed by atoms with E-state index in [0.717, 1.165) is 17.4 Å². The molecule has 0 radical (unpaired) electrons. The lowest BCUT2D eigenvalue weighted by Crippen LogP contribution is -1.99. The second kappa shape index (κ2) is 9.79. The van der Waals surface area contributed by atoms with E-state index in [2.05, 4.69) is 0 Å². The van der Waals surface area contributed by atoms with Crippen LogP contribution in [-0.2, 0) is 0 Å². The van der Waals surface area contributed by atoms with Crippen molar-refractivity contribution in [1.29, 1.82) is 0 Å². The summed E-state index contributed by atoms with van der Waals surface area (Å²) in [7, 11) is 3.09. The first-order valence-corrected chi connectivity index (χ1v) is 8.01. The third kappa shape index (κ3) is 5.05. The van der Waals surface area contributed by atoms with Crippen molar-refractivity contribution in [2.75, 3.05) is 14.2 Å². The minimum Gasteiger partial charge on any atom is -0.493 e. The molecule has 0 amide bonds. The number of rotatable bonds is 5. The SMILES string of the molecule is COc1ccc(C=O)cc1OC.O=C(c1ccccc1)c1ccccc1. The van der Waals surface area contributed by atoms with Gasteiger partial charge < -0.3 is 9.47 Å². The normalized spacial score (nSPS) is 9.46. The molecule has 3 rings (SSSR count). The van der Waals surface area contributed by atoms with Crippen molar-refractivity contribution < 1.29 is 19.1 Å². The van der Waals surface area contributed by atoms with E-state index in [-0.39, 0.29) is 5.78 Å². The highest BCUT2D eigenvalue weighted by molar-refractivity contribution is 6.08. The monoisotopic (exact) mass is 348 g/mol. The molecule has 0 heterocycles. The van der Waals surface area contributed by atoms with E-state index in [9.17, 15) is 9.59 Å². The predicted octanol–water partition coefficient (Wildman–Crippen LogP) is 4.43. The Balaban J connectivity index is 0.000000190. The number of ketones is 1. The van der Waals surface area contributed by atoms with Crippen LogP contribution < -0.4 is 9.47 Å². The first-order chi connectivity index (χ1) is 12.7. The van der Waals surface area contributed by atoms with E-state index in [1.54, 1.807) is 25.3 Å². The van der Waals surface area contributed by atoms with Crippen molar-refractivity contribution in [1.82, 2.24) is 0 Å². The molecule has 0 aromatic heterocycles. The fourth-order valence-electron chi connectivity index (χ4n) is 2.27. The highest BCUT2D eigenvalue weighted by Gasteiger charge is 2.06. The van der Waals surface area contributed by atoms with Gasteiger partial charge in [-0.3, -0.25) is 9.59 Å². The summed E-state index contributed by atoms with van der Waals surface area (Å²) in [5.41, 5.74) is 2.05. The zero-order valence-corrected chi connectivity index (χ0v) is 14.7. The number of ether oxygens (including phenoxy) is 2. The maximum absolute atomic E-state index is 11.8. The van der Waals surface area contributed by atoms with Gasteiger partial charge in [0.25, 0.3) is 0 Å². The molecule has 0 aliphatic carbocycles. The summed E-state index contributed by atoms with van der Waals surface area (Å²) >= 11 is 0. The van der Waals surface area contributed by atoms with E-state index < -0.39 is 0 Å². The molecular formula is C22H20O4. The van der Waals surface area contributed by atoms with E-state index in [1.165, 1.54) is 7.11 Å². The van der Waals surface area contributed by atoms with Crippen LogP contribution in [0.1, 0.15) is 26.3 Å². The van der Waals surface area contributed by atoms with E-state index in [4.69, 9.17) is 9.47 Å². The molecule has 0 saturated heterocycles. The molecule has 4 nitrogen and oxygen atoms in total. The van der Waals surface area contributed by atoms with Gasteiger partial charge >= 0.3 is 0 Å². The summed E-state index contributed by atoms with van der Waals surface area (Å²) in [5.74, 6) is 1.27. The van der Waals surface area contributed by atoms with Crippen LogP contribution in [0.15, 0.2) is 78.9 Å². The summed E-state index contributed by atoms with van der Waals surface area (Å²) in [6.45, 7) is 0. The average molecular weight is 348 g/mol. The van der Waals surface area contributed by atoms with Crippen molar-refractivity contribution in [3.05, 3.63) is 95.6 Å². The molecule has 3 aromatic carbocycles. The second-order valence-electron chi connectivity index (χ2n) is 5.29. The number of hydrogen-bond acceptors (Lipinski definition) is 4. The molecule has 3 aromatic rings. The van der Waals surface area contributed by atoms with Gasteiger partial charge in [-0.15, -0.1) is 0 Å². The van der Waals surface area contributed by atoms with Crippen LogP contribution in [0.2, 0.25) is 0 Å². The maximum Gasteiger partial charge on any atom is 0.193 e. The fraction of sp³-hybridized carbons (Fsp3) is 0.0909. The van der Waals surface area contributed by atoms with Crippen LogP contribution in [0, 0.1) is 0 Å². The Morgan fingerprint density at radius 2 is 1.23 bits per heavy atom. The fourth-order valence-corrected chi connectivity index (χ4v) is 2.27. The summed E-state index contributed by atoms with van der Waals surface area (Å²) in [4.78, 5) is 22.2. The van der Waals surface area contributed by atoms with Crippen LogP contribution in [-0.4, -0.2) is 26.3 Å². The minimum absolute atomic E-state index is 0.0752. The molecule has 0 spiro atoms. The summed E-state index contributed by atoms with van der Waals surface area (Å²) < 4.78 is 9.99. The van der Waals surface area contributed by atoms with Crippen molar-refractivity contribution >= 4 is 12.1 Å². The quantitative estimate of drug-likeness (QED) is 0.505. The zero-order valence-electron chi connectivity index (χ0n) is 14.7. The molecule has 0 bridgehead atoms. The zero-order chi connectivity index (χ0) is 18.8. The van der Waals surface area contributed by atoms with Crippen LogP contribution in [0.3, 0.4) is 0 Å². The molecule has 0 unspecified atom stereocenters. The number of hydrogen-bond donors (Lipinski definition) is 0. The Morgan fingerprint density at radius 3 is 1.65 bits per heavy atom. The van der Waals surface area contributed by atoms with E-state index in [1.807, 2.05) is 60.7 Å². The number of carbonyl (C=O) groups excluding carboxylic acids is 2. The smallest absolute Gasteiger partial charge is 0.193 e.